The van der Waals surface area contributed by atoms with E-state index in [0.717, 1.165) is 27.6 Å². The van der Waals surface area contributed by atoms with Crippen molar-refractivity contribution in [1.82, 2.24) is 14.8 Å². The Hall–Kier alpha value is -1.14. The van der Waals surface area contributed by atoms with Crippen molar-refractivity contribution in [1.29, 1.82) is 0 Å². The van der Waals surface area contributed by atoms with E-state index in [1.54, 1.807) is 16.0 Å². The van der Waals surface area contributed by atoms with Crippen molar-refractivity contribution in [2.45, 2.75) is 33.2 Å². The third kappa shape index (κ3) is 2.64. The summed E-state index contributed by atoms with van der Waals surface area (Å²) in [6, 6.07) is 0.0684. The minimum absolute atomic E-state index is 0.0684. The van der Waals surface area contributed by atoms with Crippen LogP contribution in [0.2, 0.25) is 0 Å². The highest BCUT2D eigenvalue weighted by Gasteiger charge is 2.15. The molecule has 1 atom stereocenters. The zero-order chi connectivity index (χ0) is 13.3. The van der Waals surface area contributed by atoms with Crippen LogP contribution >= 0.6 is 11.3 Å². The number of rotatable bonds is 5. The lowest BCUT2D eigenvalue weighted by Crippen LogP contribution is -2.25. The van der Waals surface area contributed by atoms with Crippen LogP contribution in [0.3, 0.4) is 0 Å². The Morgan fingerprint density at radius 3 is 2.72 bits per heavy atom. The number of thiazole rings is 1. The molecule has 0 amide bonds. The molecule has 2 rings (SSSR count). The highest BCUT2D eigenvalue weighted by Crippen LogP contribution is 2.28. The first kappa shape index (κ1) is 13.3. The van der Waals surface area contributed by atoms with E-state index in [1.165, 1.54) is 0 Å². The lowest BCUT2D eigenvalue weighted by molar-refractivity contribution is 0.259. The molecule has 5 nitrogen and oxygen atoms in total. The zero-order valence-corrected chi connectivity index (χ0v) is 12.1. The summed E-state index contributed by atoms with van der Waals surface area (Å²) < 4.78 is 2.91. The van der Waals surface area contributed by atoms with Gasteiger partial charge >= 0.3 is 0 Å². The summed E-state index contributed by atoms with van der Waals surface area (Å²) >= 11 is 1.60. The number of hydrogen-bond donors (Lipinski definition) is 2. The maximum atomic E-state index is 9.37. The van der Waals surface area contributed by atoms with Gasteiger partial charge in [0.2, 0.25) is 0 Å². The molecule has 0 aromatic carbocycles. The molecule has 0 aliphatic heterocycles. The number of nitrogens with zero attached hydrogens (tertiary/aromatic N) is 3. The predicted octanol–water partition coefficient (Wildman–Crippen LogP) is 2.16. The Bertz CT molecular complexity index is 497. The van der Waals surface area contributed by atoms with Gasteiger partial charge in [0.25, 0.3) is 0 Å². The minimum atomic E-state index is 0.0684. The van der Waals surface area contributed by atoms with Gasteiger partial charge in [0.15, 0.2) is 10.8 Å². The number of hydrogen-bond acceptors (Lipinski definition) is 5. The summed E-state index contributed by atoms with van der Waals surface area (Å²) in [5.41, 5.74) is 1.91. The van der Waals surface area contributed by atoms with Crippen molar-refractivity contribution in [3.8, 4) is 0 Å². The van der Waals surface area contributed by atoms with Crippen molar-refractivity contribution in [2.24, 2.45) is 13.0 Å². The molecule has 6 heteroatoms. The molecular formula is C12H20N4OS. The molecule has 0 unspecified atom stereocenters. The third-order valence-electron chi connectivity index (χ3n) is 2.85. The standard InChI is InChI=1S/C12H20N4OS/c1-7(2)5-9(6-17)13-12-14-11-10(18-12)8(3)15-16(11)4/h7,9,17H,5-6H2,1-4H3,(H,13,14)/t9-/m0/s1. The van der Waals surface area contributed by atoms with E-state index in [-0.39, 0.29) is 12.6 Å². The van der Waals surface area contributed by atoms with Crippen LogP contribution in [0.25, 0.3) is 10.3 Å². The van der Waals surface area contributed by atoms with Crippen LogP contribution in [0.15, 0.2) is 0 Å². The molecular weight excluding hydrogens is 248 g/mol. The van der Waals surface area contributed by atoms with Crippen LogP contribution in [-0.2, 0) is 7.05 Å². The largest absolute Gasteiger partial charge is 0.394 e. The van der Waals surface area contributed by atoms with E-state index in [0.29, 0.717) is 5.92 Å². The van der Waals surface area contributed by atoms with Gasteiger partial charge in [-0.3, -0.25) is 0 Å². The van der Waals surface area contributed by atoms with Crippen molar-refractivity contribution in [2.75, 3.05) is 11.9 Å². The van der Waals surface area contributed by atoms with E-state index in [2.05, 4.69) is 29.2 Å². The Morgan fingerprint density at radius 2 is 2.17 bits per heavy atom. The highest BCUT2D eigenvalue weighted by molar-refractivity contribution is 7.22. The van der Waals surface area contributed by atoms with Gasteiger partial charge in [0.1, 0.15) is 0 Å². The van der Waals surface area contributed by atoms with Crippen molar-refractivity contribution >= 4 is 26.8 Å². The number of anilines is 1. The molecule has 0 bridgehead atoms. The van der Waals surface area contributed by atoms with E-state index in [4.69, 9.17) is 0 Å². The van der Waals surface area contributed by atoms with Gasteiger partial charge in [-0.15, -0.1) is 0 Å². The summed E-state index contributed by atoms with van der Waals surface area (Å²) in [6.45, 7) is 6.42. The van der Waals surface area contributed by atoms with E-state index in [1.807, 2.05) is 14.0 Å². The van der Waals surface area contributed by atoms with Crippen LogP contribution in [0.1, 0.15) is 26.0 Å². The fourth-order valence-electron chi connectivity index (χ4n) is 2.07. The predicted molar refractivity (Wildman–Crippen MR) is 75.1 cm³/mol. The highest BCUT2D eigenvalue weighted by atomic mass is 32.1. The summed E-state index contributed by atoms with van der Waals surface area (Å²) in [7, 11) is 1.90. The number of nitrogens with one attached hydrogen (secondary N) is 1. The maximum absolute atomic E-state index is 9.37. The van der Waals surface area contributed by atoms with Crippen molar-refractivity contribution in [3.05, 3.63) is 5.69 Å². The first-order chi connectivity index (χ1) is 8.51. The Morgan fingerprint density at radius 1 is 1.44 bits per heavy atom. The average Bonchev–Trinajstić information content (AvgIpc) is 2.80. The van der Waals surface area contributed by atoms with Crippen LogP contribution in [0.5, 0.6) is 0 Å². The van der Waals surface area contributed by atoms with Gasteiger partial charge in [0.05, 0.1) is 23.0 Å². The van der Waals surface area contributed by atoms with E-state index < -0.39 is 0 Å². The topological polar surface area (TPSA) is 63.0 Å². The number of fused-ring (bicyclic) bond motifs is 1. The molecule has 0 fully saturated rings. The summed E-state index contributed by atoms with van der Waals surface area (Å²) in [6.07, 6.45) is 0.934. The second-order valence-corrected chi connectivity index (χ2v) is 6.03. The Balaban J connectivity index is 2.18. The second kappa shape index (κ2) is 5.24. The lowest BCUT2D eigenvalue weighted by Gasteiger charge is -2.17. The van der Waals surface area contributed by atoms with Crippen LogP contribution < -0.4 is 5.32 Å². The normalized spacial score (nSPS) is 13.4. The fourth-order valence-corrected chi connectivity index (χ4v) is 3.08. The van der Waals surface area contributed by atoms with Gasteiger partial charge in [-0.2, -0.15) is 5.10 Å². The average molecular weight is 268 g/mol. The van der Waals surface area contributed by atoms with E-state index >= 15 is 0 Å². The number of aryl methyl sites for hydroxylation is 2. The molecule has 0 saturated heterocycles. The monoisotopic (exact) mass is 268 g/mol. The summed E-state index contributed by atoms with van der Waals surface area (Å²) in [4.78, 5) is 4.52. The smallest absolute Gasteiger partial charge is 0.185 e. The molecule has 0 spiro atoms. The SMILES string of the molecule is Cc1nn(C)c2nc(N[C@H](CO)CC(C)C)sc12. The lowest BCUT2D eigenvalue weighted by atomic mass is 10.0. The molecule has 2 heterocycles. The number of aliphatic hydroxyl groups is 1. The van der Waals surface area contributed by atoms with Crippen LogP contribution in [0, 0.1) is 12.8 Å². The van der Waals surface area contributed by atoms with Crippen molar-refractivity contribution < 1.29 is 5.11 Å². The molecule has 2 aromatic rings. The second-order valence-electron chi connectivity index (χ2n) is 5.03. The van der Waals surface area contributed by atoms with E-state index in [9.17, 15) is 5.11 Å². The molecule has 2 N–H and O–H groups in total. The Kier molecular flexibility index (Phi) is 3.87. The summed E-state index contributed by atoms with van der Waals surface area (Å²) in [5.74, 6) is 0.549. The van der Waals surface area contributed by atoms with Gasteiger partial charge in [0, 0.05) is 7.05 Å². The molecule has 100 valence electrons. The number of aromatic nitrogens is 3. The zero-order valence-electron chi connectivity index (χ0n) is 11.3. The van der Waals surface area contributed by atoms with Gasteiger partial charge < -0.3 is 10.4 Å². The summed E-state index contributed by atoms with van der Waals surface area (Å²) in [5, 5.41) is 17.9. The molecule has 0 aliphatic carbocycles. The first-order valence-corrected chi connectivity index (χ1v) is 7.00. The quantitative estimate of drug-likeness (QED) is 0.872. The van der Waals surface area contributed by atoms with Crippen molar-refractivity contribution in [3.63, 3.8) is 0 Å². The Labute approximate surface area is 111 Å². The van der Waals surface area contributed by atoms with Gasteiger partial charge in [-0.1, -0.05) is 25.2 Å². The molecule has 2 aromatic heterocycles. The molecule has 18 heavy (non-hydrogen) atoms. The first-order valence-electron chi connectivity index (χ1n) is 6.18. The molecule has 0 aliphatic rings. The van der Waals surface area contributed by atoms with Gasteiger partial charge in [-0.25, -0.2) is 9.67 Å². The third-order valence-corrected chi connectivity index (χ3v) is 3.93. The van der Waals surface area contributed by atoms with Crippen LogP contribution in [-0.4, -0.2) is 32.5 Å². The molecule has 0 saturated carbocycles. The fraction of sp³-hybridized carbons (Fsp3) is 0.667. The minimum Gasteiger partial charge on any atom is -0.394 e. The molecule has 0 radical (unpaired) electrons. The maximum Gasteiger partial charge on any atom is 0.185 e. The van der Waals surface area contributed by atoms with Crippen LogP contribution in [0.4, 0.5) is 5.13 Å². The van der Waals surface area contributed by atoms with Gasteiger partial charge in [-0.05, 0) is 19.3 Å². The number of aliphatic hydroxyl groups excluding tert-OH is 1.